The van der Waals surface area contributed by atoms with E-state index in [1.54, 1.807) is 17.3 Å². The number of aromatic amines is 1. The van der Waals surface area contributed by atoms with Crippen molar-refractivity contribution < 1.29 is 14.3 Å². The smallest absolute Gasteiger partial charge is 0.256 e. The molecule has 4 heterocycles. The van der Waals surface area contributed by atoms with Crippen molar-refractivity contribution in [3.05, 3.63) is 82.2 Å². The minimum atomic E-state index is -0.443. The van der Waals surface area contributed by atoms with E-state index in [1.807, 2.05) is 15.6 Å². The molecule has 2 aliphatic heterocycles. The monoisotopic (exact) mass is 588 g/mol. The summed E-state index contributed by atoms with van der Waals surface area (Å²) in [5.74, 6) is 0.584. The number of H-pyrrole nitrogens is 1. The fourth-order valence-corrected chi connectivity index (χ4v) is 5.95. The molecule has 2 aromatic carbocycles. The van der Waals surface area contributed by atoms with Crippen LogP contribution in [0.2, 0.25) is 0 Å². The van der Waals surface area contributed by atoms with Crippen molar-refractivity contribution >= 4 is 38.8 Å². The van der Waals surface area contributed by atoms with E-state index in [0.29, 0.717) is 55.5 Å². The molecule has 9 nitrogen and oxygen atoms in total. The summed E-state index contributed by atoms with van der Waals surface area (Å²) in [5, 5.41) is 4.88. The lowest BCUT2D eigenvalue weighted by atomic mass is 9.95. The van der Waals surface area contributed by atoms with Gasteiger partial charge in [0.25, 0.3) is 5.91 Å². The van der Waals surface area contributed by atoms with Crippen LogP contribution in [0.1, 0.15) is 53.0 Å². The molecule has 1 N–H and O–H groups in total. The summed E-state index contributed by atoms with van der Waals surface area (Å²) in [6, 6.07) is 11.6. The summed E-state index contributed by atoms with van der Waals surface area (Å²) in [5.41, 5.74) is 5.89. The lowest BCUT2D eigenvalue weighted by Gasteiger charge is -2.39. The molecule has 0 bridgehead atoms. The molecule has 0 saturated carbocycles. The molecule has 1 atom stereocenters. The number of carbonyl (C=O) groups is 2. The lowest BCUT2D eigenvalue weighted by molar-refractivity contribution is -0.127. The van der Waals surface area contributed by atoms with Gasteiger partial charge < -0.3 is 19.5 Å². The summed E-state index contributed by atoms with van der Waals surface area (Å²) in [6.07, 6.45) is 3.48. The van der Waals surface area contributed by atoms with Gasteiger partial charge in [0.15, 0.2) is 0 Å². The maximum absolute atomic E-state index is 14.1. The Kier molecular flexibility index (Phi) is 6.50. The first-order valence-corrected chi connectivity index (χ1v) is 13.9. The quantitative estimate of drug-likeness (QED) is 0.346. The van der Waals surface area contributed by atoms with E-state index in [9.17, 15) is 9.59 Å². The molecule has 0 spiro atoms. The number of aromatic nitrogens is 4. The number of ether oxygens (including phenoxy) is 1. The van der Waals surface area contributed by atoms with Gasteiger partial charge in [0, 0.05) is 24.0 Å². The number of hydrogen-bond acceptors (Lipinski definition) is 5. The molecule has 10 heteroatoms. The van der Waals surface area contributed by atoms with E-state index in [0.717, 1.165) is 26.9 Å². The molecule has 2 aromatic heterocycles. The van der Waals surface area contributed by atoms with Crippen molar-refractivity contribution in [2.75, 3.05) is 26.2 Å². The fraction of sp³-hybridized carbons (Fsp3) is 0.310. The second-order valence-electron chi connectivity index (χ2n) is 10.1. The van der Waals surface area contributed by atoms with Crippen LogP contribution in [0, 0.1) is 0 Å². The van der Waals surface area contributed by atoms with Crippen LogP contribution in [0.15, 0.2) is 59.9 Å². The average Bonchev–Trinajstić information content (AvgIpc) is 3.57. The van der Waals surface area contributed by atoms with Gasteiger partial charge in [-0.1, -0.05) is 32.6 Å². The number of hydrogen-bond donors (Lipinski definition) is 1. The number of halogens is 1. The van der Waals surface area contributed by atoms with Crippen LogP contribution >= 0.6 is 15.9 Å². The summed E-state index contributed by atoms with van der Waals surface area (Å²) < 4.78 is 8.92. The number of nitrogens with one attached hydrogen (secondary N) is 1. The van der Waals surface area contributed by atoms with E-state index in [2.05, 4.69) is 70.6 Å². The third-order valence-corrected chi connectivity index (χ3v) is 8.25. The standard InChI is InChI=1S/C29H29BrN6O3/c1-4-24(37)34-13-14-39-28-25-22(36(33-28)19-7-5-18(6-8-19)17(2)3)11-12-35(23(25)15-34)29(38)20-9-10-21(30)27-26(20)31-16-32-27/h4-10,16-17,23H,1,11-15H2,2-3H3,(H,31,32). The summed E-state index contributed by atoms with van der Waals surface area (Å²) in [6.45, 7) is 9.46. The van der Waals surface area contributed by atoms with E-state index in [-0.39, 0.29) is 11.8 Å². The van der Waals surface area contributed by atoms with Crippen molar-refractivity contribution in [3.8, 4) is 11.6 Å². The van der Waals surface area contributed by atoms with Crippen molar-refractivity contribution in [2.24, 2.45) is 0 Å². The Morgan fingerprint density at radius 2 is 1.97 bits per heavy atom. The average molecular weight is 589 g/mol. The van der Waals surface area contributed by atoms with Crippen LogP contribution in [0.4, 0.5) is 0 Å². The Labute approximate surface area is 234 Å². The number of benzene rings is 2. The number of rotatable bonds is 4. The lowest BCUT2D eigenvalue weighted by Crippen LogP contribution is -2.48. The summed E-state index contributed by atoms with van der Waals surface area (Å²) >= 11 is 3.53. The maximum atomic E-state index is 14.1. The van der Waals surface area contributed by atoms with E-state index in [4.69, 9.17) is 9.84 Å². The third kappa shape index (κ3) is 4.32. The molecule has 200 valence electrons. The first-order chi connectivity index (χ1) is 18.9. The number of nitrogens with zero attached hydrogens (tertiary/aromatic N) is 5. The van der Waals surface area contributed by atoms with Crippen LogP contribution in [0.25, 0.3) is 16.7 Å². The molecule has 2 amide bonds. The van der Waals surface area contributed by atoms with Gasteiger partial charge in [-0.25, -0.2) is 9.67 Å². The Morgan fingerprint density at radius 1 is 1.18 bits per heavy atom. The second kappa shape index (κ2) is 10.00. The normalized spacial score (nSPS) is 17.0. The molecule has 0 fully saturated rings. The van der Waals surface area contributed by atoms with Gasteiger partial charge in [0.2, 0.25) is 11.8 Å². The number of carbonyl (C=O) groups excluding carboxylic acids is 2. The van der Waals surface area contributed by atoms with Crippen LogP contribution in [0.5, 0.6) is 5.88 Å². The maximum Gasteiger partial charge on any atom is 0.256 e. The Morgan fingerprint density at radius 3 is 2.72 bits per heavy atom. The van der Waals surface area contributed by atoms with Gasteiger partial charge in [0.1, 0.15) is 12.1 Å². The molecule has 4 aromatic rings. The van der Waals surface area contributed by atoms with Crippen LogP contribution in [0.3, 0.4) is 0 Å². The first-order valence-electron chi connectivity index (χ1n) is 13.1. The van der Waals surface area contributed by atoms with Gasteiger partial charge in [-0.05, 0) is 57.8 Å². The zero-order chi connectivity index (χ0) is 27.3. The fourth-order valence-electron chi connectivity index (χ4n) is 5.52. The van der Waals surface area contributed by atoms with Gasteiger partial charge in [-0.15, -0.1) is 5.10 Å². The predicted molar refractivity (Wildman–Crippen MR) is 151 cm³/mol. The Bertz CT molecular complexity index is 1590. The summed E-state index contributed by atoms with van der Waals surface area (Å²) in [4.78, 5) is 37.9. The highest BCUT2D eigenvalue weighted by Gasteiger charge is 2.40. The second-order valence-corrected chi connectivity index (χ2v) is 11.0. The number of fused-ring (bicyclic) bond motifs is 1. The molecule has 1 unspecified atom stereocenters. The van der Waals surface area contributed by atoms with Gasteiger partial charge in [0.05, 0.1) is 46.9 Å². The van der Waals surface area contributed by atoms with Crippen LogP contribution in [-0.2, 0) is 11.2 Å². The highest BCUT2D eigenvalue weighted by Crippen LogP contribution is 2.40. The molecule has 2 aliphatic rings. The minimum Gasteiger partial charge on any atom is -0.474 e. The highest BCUT2D eigenvalue weighted by atomic mass is 79.9. The van der Waals surface area contributed by atoms with Crippen molar-refractivity contribution in [3.63, 3.8) is 0 Å². The van der Waals surface area contributed by atoms with Gasteiger partial charge in [-0.2, -0.15) is 0 Å². The minimum absolute atomic E-state index is 0.151. The van der Waals surface area contributed by atoms with Gasteiger partial charge >= 0.3 is 0 Å². The largest absolute Gasteiger partial charge is 0.474 e. The Hall–Kier alpha value is -3.92. The third-order valence-electron chi connectivity index (χ3n) is 7.59. The molecule has 0 aliphatic carbocycles. The first kappa shape index (κ1) is 25.4. The molecule has 0 saturated heterocycles. The predicted octanol–water partition coefficient (Wildman–Crippen LogP) is 4.78. The van der Waals surface area contributed by atoms with Crippen molar-refractivity contribution in [1.29, 1.82) is 0 Å². The van der Waals surface area contributed by atoms with Crippen LogP contribution in [-0.4, -0.2) is 67.6 Å². The topological polar surface area (TPSA) is 96.4 Å². The highest BCUT2D eigenvalue weighted by molar-refractivity contribution is 9.10. The van der Waals surface area contributed by atoms with Crippen LogP contribution < -0.4 is 4.74 Å². The summed E-state index contributed by atoms with van der Waals surface area (Å²) in [7, 11) is 0. The zero-order valence-corrected chi connectivity index (χ0v) is 23.4. The van der Waals surface area contributed by atoms with E-state index < -0.39 is 6.04 Å². The van der Waals surface area contributed by atoms with Crippen molar-refractivity contribution in [1.82, 2.24) is 29.5 Å². The zero-order valence-electron chi connectivity index (χ0n) is 21.9. The SMILES string of the molecule is C=CC(=O)N1CCOc2nn(-c3ccc(C(C)C)cc3)c3c2C(C1)N(C(=O)c1ccc(Br)c2[nH]cnc12)CC3. The molecular formula is C29H29BrN6O3. The molecular weight excluding hydrogens is 560 g/mol. The Balaban J connectivity index is 1.46. The molecule has 6 rings (SSSR count). The number of imidazole rings is 1. The van der Waals surface area contributed by atoms with E-state index in [1.165, 1.54) is 11.6 Å². The van der Waals surface area contributed by atoms with Gasteiger partial charge in [-0.3, -0.25) is 9.59 Å². The van der Waals surface area contributed by atoms with E-state index >= 15 is 0 Å². The molecule has 0 radical (unpaired) electrons. The number of amides is 2. The molecule has 39 heavy (non-hydrogen) atoms. The van der Waals surface area contributed by atoms with Crippen molar-refractivity contribution in [2.45, 2.75) is 32.2 Å².